The minimum atomic E-state index is 0.238. The summed E-state index contributed by atoms with van der Waals surface area (Å²) in [5.74, 6) is 1.59. The first-order chi connectivity index (χ1) is 11.2. The van der Waals surface area contributed by atoms with E-state index in [9.17, 15) is 4.79 Å². The van der Waals surface area contributed by atoms with Crippen molar-refractivity contribution in [1.82, 2.24) is 15.5 Å². The second kappa shape index (κ2) is 9.18. The molecule has 2 rings (SSSR count). The Morgan fingerprint density at radius 2 is 2.09 bits per heavy atom. The Balaban J connectivity index is 1.68. The fraction of sp³-hybridized carbons (Fsp3) is 0.556. The van der Waals surface area contributed by atoms with Crippen LogP contribution in [-0.4, -0.2) is 43.4 Å². The molecule has 1 aliphatic rings. The lowest BCUT2D eigenvalue weighted by Crippen LogP contribution is -2.42. The first-order valence-corrected chi connectivity index (χ1v) is 8.45. The first-order valence-electron chi connectivity index (χ1n) is 8.45. The number of carbonyl (C=O) groups is 1. The van der Waals surface area contributed by atoms with Gasteiger partial charge in [0.25, 0.3) is 0 Å². The molecule has 1 saturated heterocycles. The molecule has 2 N–H and O–H groups in total. The van der Waals surface area contributed by atoms with Crippen molar-refractivity contribution < 1.29 is 4.79 Å². The maximum atomic E-state index is 12.2. The number of hydrogen-bond acceptors (Lipinski definition) is 2. The predicted octanol–water partition coefficient (Wildman–Crippen LogP) is 2.00. The number of likely N-dealkylation sites (tertiary alicyclic amines) is 1. The summed E-state index contributed by atoms with van der Waals surface area (Å²) in [6, 6.07) is 10.2. The molecule has 1 unspecified atom stereocenters. The van der Waals surface area contributed by atoms with E-state index < -0.39 is 0 Å². The highest BCUT2D eigenvalue weighted by molar-refractivity contribution is 5.81. The van der Waals surface area contributed by atoms with Crippen molar-refractivity contribution >= 4 is 11.9 Å². The van der Waals surface area contributed by atoms with Crippen molar-refractivity contribution in [2.75, 3.05) is 26.7 Å². The smallest absolute Gasteiger partial charge is 0.224 e. The molecule has 1 fully saturated rings. The summed E-state index contributed by atoms with van der Waals surface area (Å²) in [4.78, 5) is 18.4. The summed E-state index contributed by atoms with van der Waals surface area (Å²) in [5, 5.41) is 6.47. The SMILES string of the molecule is CN=C(NCCC(=O)N1CCCC(C)C1)NCc1ccccc1. The monoisotopic (exact) mass is 316 g/mol. The minimum absolute atomic E-state index is 0.238. The number of benzene rings is 1. The molecule has 0 radical (unpaired) electrons. The van der Waals surface area contributed by atoms with Crippen LogP contribution in [-0.2, 0) is 11.3 Å². The fourth-order valence-electron chi connectivity index (χ4n) is 2.86. The third-order valence-corrected chi connectivity index (χ3v) is 4.17. The molecule has 5 heteroatoms. The number of nitrogens with one attached hydrogen (secondary N) is 2. The van der Waals surface area contributed by atoms with Gasteiger partial charge in [-0.1, -0.05) is 37.3 Å². The van der Waals surface area contributed by atoms with Crippen LogP contribution in [0.2, 0.25) is 0 Å². The van der Waals surface area contributed by atoms with Gasteiger partial charge < -0.3 is 15.5 Å². The van der Waals surface area contributed by atoms with Crippen molar-refractivity contribution in [3.63, 3.8) is 0 Å². The van der Waals surface area contributed by atoms with Gasteiger partial charge in [-0.05, 0) is 24.3 Å². The van der Waals surface area contributed by atoms with E-state index in [1.54, 1.807) is 7.05 Å². The van der Waals surface area contributed by atoms with Crippen LogP contribution in [0.4, 0.5) is 0 Å². The molecule has 1 heterocycles. The van der Waals surface area contributed by atoms with E-state index in [1.807, 2.05) is 23.1 Å². The van der Waals surface area contributed by atoms with E-state index in [-0.39, 0.29) is 5.91 Å². The zero-order valence-electron chi connectivity index (χ0n) is 14.2. The lowest BCUT2D eigenvalue weighted by molar-refractivity contribution is -0.132. The quantitative estimate of drug-likeness (QED) is 0.645. The molecule has 5 nitrogen and oxygen atoms in total. The van der Waals surface area contributed by atoms with E-state index in [0.717, 1.165) is 32.0 Å². The summed E-state index contributed by atoms with van der Waals surface area (Å²) < 4.78 is 0. The van der Waals surface area contributed by atoms with E-state index in [4.69, 9.17) is 0 Å². The largest absolute Gasteiger partial charge is 0.356 e. The number of hydrogen-bond donors (Lipinski definition) is 2. The Hall–Kier alpha value is -2.04. The summed E-state index contributed by atoms with van der Waals surface area (Å²) in [6.45, 7) is 5.35. The number of piperidine rings is 1. The van der Waals surface area contributed by atoms with Crippen molar-refractivity contribution in [3.05, 3.63) is 35.9 Å². The zero-order valence-corrected chi connectivity index (χ0v) is 14.2. The number of rotatable bonds is 5. The molecule has 23 heavy (non-hydrogen) atoms. The molecule has 0 spiro atoms. The van der Waals surface area contributed by atoms with Crippen molar-refractivity contribution in [3.8, 4) is 0 Å². The molecule has 0 bridgehead atoms. The molecule has 1 amide bonds. The van der Waals surface area contributed by atoms with Crippen LogP contribution in [0.25, 0.3) is 0 Å². The van der Waals surface area contributed by atoms with Crippen molar-refractivity contribution in [1.29, 1.82) is 0 Å². The van der Waals surface area contributed by atoms with E-state index in [0.29, 0.717) is 18.9 Å². The lowest BCUT2D eigenvalue weighted by atomic mass is 10.00. The number of aliphatic imine (C=N–C) groups is 1. The summed E-state index contributed by atoms with van der Waals surface area (Å²) in [7, 11) is 1.74. The lowest BCUT2D eigenvalue weighted by Gasteiger charge is -2.31. The molecule has 126 valence electrons. The summed E-state index contributed by atoms with van der Waals surface area (Å²) in [5.41, 5.74) is 1.20. The van der Waals surface area contributed by atoms with Crippen LogP contribution in [0.3, 0.4) is 0 Å². The molecule has 0 saturated carbocycles. The van der Waals surface area contributed by atoms with Crippen LogP contribution < -0.4 is 10.6 Å². The van der Waals surface area contributed by atoms with E-state index in [1.165, 1.54) is 12.0 Å². The number of carbonyl (C=O) groups excluding carboxylic acids is 1. The van der Waals surface area contributed by atoms with Crippen LogP contribution in [0.1, 0.15) is 31.7 Å². The van der Waals surface area contributed by atoms with Gasteiger partial charge in [0.05, 0.1) is 0 Å². The number of guanidine groups is 1. The van der Waals surface area contributed by atoms with Gasteiger partial charge in [-0.25, -0.2) is 0 Å². The predicted molar refractivity (Wildman–Crippen MR) is 94.2 cm³/mol. The van der Waals surface area contributed by atoms with Gasteiger partial charge >= 0.3 is 0 Å². The molecule has 0 aliphatic carbocycles. The van der Waals surface area contributed by atoms with Crippen molar-refractivity contribution in [2.45, 2.75) is 32.7 Å². The fourth-order valence-corrected chi connectivity index (χ4v) is 2.86. The Morgan fingerprint density at radius 1 is 1.30 bits per heavy atom. The highest BCUT2D eigenvalue weighted by atomic mass is 16.2. The minimum Gasteiger partial charge on any atom is -0.356 e. The second-order valence-corrected chi connectivity index (χ2v) is 6.18. The average molecular weight is 316 g/mol. The highest BCUT2D eigenvalue weighted by Gasteiger charge is 2.20. The average Bonchev–Trinajstić information content (AvgIpc) is 2.58. The van der Waals surface area contributed by atoms with Gasteiger partial charge in [-0.3, -0.25) is 9.79 Å². The molecule has 1 aromatic rings. The second-order valence-electron chi connectivity index (χ2n) is 6.18. The Morgan fingerprint density at radius 3 is 2.78 bits per heavy atom. The molecule has 1 aromatic carbocycles. The Kier molecular flexibility index (Phi) is 6.91. The maximum absolute atomic E-state index is 12.2. The third-order valence-electron chi connectivity index (χ3n) is 4.17. The topological polar surface area (TPSA) is 56.7 Å². The molecule has 1 atom stereocenters. The first kappa shape index (κ1) is 17.3. The number of nitrogens with zero attached hydrogens (tertiary/aromatic N) is 2. The van der Waals surface area contributed by atoms with Gasteiger partial charge in [-0.15, -0.1) is 0 Å². The summed E-state index contributed by atoms with van der Waals surface area (Å²) >= 11 is 0. The van der Waals surface area contributed by atoms with Crippen molar-refractivity contribution in [2.24, 2.45) is 10.9 Å². The third kappa shape index (κ3) is 5.93. The molecular weight excluding hydrogens is 288 g/mol. The van der Waals surface area contributed by atoms with Gasteiger partial charge in [0.1, 0.15) is 0 Å². The van der Waals surface area contributed by atoms with Gasteiger partial charge in [0.15, 0.2) is 5.96 Å². The zero-order chi connectivity index (χ0) is 16.5. The normalized spacial score (nSPS) is 18.6. The molecular formula is C18H28N4O. The summed E-state index contributed by atoms with van der Waals surface area (Å²) in [6.07, 6.45) is 2.87. The van der Waals surface area contributed by atoms with Crippen LogP contribution >= 0.6 is 0 Å². The Bertz CT molecular complexity index is 515. The number of amides is 1. The van der Waals surface area contributed by atoms with E-state index >= 15 is 0 Å². The Labute approximate surface area is 139 Å². The molecule has 0 aromatic heterocycles. The highest BCUT2D eigenvalue weighted by Crippen LogP contribution is 2.15. The van der Waals surface area contributed by atoms with Gasteiger partial charge in [-0.2, -0.15) is 0 Å². The molecule has 1 aliphatic heterocycles. The van der Waals surface area contributed by atoms with Crippen LogP contribution in [0, 0.1) is 5.92 Å². The van der Waals surface area contributed by atoms with Gasteiger partial charge in [0.2, 0.25) is 5.91 Å². The van der Waals surface area contributed by atoms with Gasteiger partial charge in [0, 0.05) is 39.6 Å². The van der Waals surface area contributed by atoms with Crippen LogP contribution in [0.15, 0.2) is 35.3 Å². The van der Waals surface area contributed by atoms with E-state index in [2.05, 4.69) is 34.7 Å². The maximum Gasteiger partial charge on any atom is 0.224 e. The standard InChI is InChI=1S/C18H28N4O/c1-15-7-6-12-22(14-15)17(23)10-11-20-18(19-2)21-13-16-8-4-3-5-9-16/h3-5,8-9,15H,6-7,10-14H2,1-2H3,(H2,19,20,21). The van der Waals surface area contributed by atoms with Crippen LogP contribution in [0.5, 0.6) is 0 Å².